The van der Waals surface area contributed by atoms with Crippen LogP contribution < -0.4 is 5.32 Å². The van der Waals surface area contributed by atoms with Gasteiger partial charge in [-0.05, 0) is 33.0 Å². The molecule has 5 heteroatoms. The molecule has 3 N–H and O–H groups in total. The highest BCUT2D eigenvalue weighted by Gasteiger charge is 2.20. The summed E-state index contributed by atoms with van der Waals surface area (Å²) in [6.07, 6.45) is 0.0689. The Morgan fingerprint density at radius 1 is 1.17 bits per heavy atom. The third-order valence-electron chi connectivity index (χ3n) is 3.43. The van der Waals surface area contributed by atoms with Crippen molar-refractivity contribution in [1.29, 1.82) is 0 Å². The molecule has 0 aliphatic carbocycles. The lowest BCUT2D eigenvalue weighted by molar-refractivity contribution is -0.120. The number of hydrogen-bond donors (Lipinski definition) is 3. The molecule has 0 spiro atoms. The molecule has 0 bridgehead atoms. The highest BCUT2D eigenvalue weighted by atomic mass is 79.9. The Morgan fingerprint density at radius 2 is 1.83 bits per heavy atom. The summed E-state index contributed by atoms with van der Waals surface area (Å²) in [5, 5.41) is 23.1. The molecular weight excluding hydrogens is 358 g/mol. The van der Waals surface area contributed by atoms with E-state index in [0.717, 1.165) is 5.56 Å². The zero-order valence-corrected chi connectivity index (χ0v) is 14.7. The van der Waals surface area contributed by atoms with Gasteiger partial charge in [0.2, 0.25) is 5.91 Å². The minimum atomic E-state index is -0.151. The van der Waals surface area contributed by atoms with Crippen LogP contribution in [0, 0.1) is 5.92 Å². The van der Waals surface area contributed by atoms with Crippen LogP contribution in [0.4, 0.5) is 0 Å². The zero-order chi connectivity index (χ0) is 17.0. The lowest BCUT2D eigenvalue weighted by Crippen LogP contribution is -2.29. The number of aromatic hydroxyl groups is 2. The quantitative estimate of drug-likeness (QED) is 0.741. The third-order valence-corrected chi connectivity index (χ3v) is 4.31. The molecule has 0 heterocycles. The molecule has 0 atom stereocenters. The van der Waals surface area contributed by atoms with Crippen LogP contribution >= 0.6 is 15.9 Å². The second kappa shape index (κ2) is 7.51. The molecule has 2 rings (SSSR count). The minimum Gasteiger partial charge on any atom is -0.507 e. The third kappa shape index (κ3) is 4.26. The van der Waals surface area contributed by atoms with E-state index in [1.54, 1.807) is 0 Å². The fourth-order valence-corrected chi connectivity index (χ4v) is 2.77. The Balaban J connectivity index is 2.43. The van der Waals surface area contributed by atoms with Gasteiger partial charge in [0.25, 0.3) is 0 Å². The standard InChI is InChI=1S/C18H20BrNO3/c1-11(2)10-20-16(23)8-13-17(12-6-4-3-5-7-12)14(21)9-15(22)18(13)19/h3-7,9,11,21-22H,8,10H2,1-2H3,(H,20,23). The Bertz CT molecular complexity index is 699. The Kier molecular flexibility index (Phi) is 5.66. The maximum atomic E-state index is 12.2. The molecule has 122 valence electrons. The number of rotatable bonds is 5. The fourth-order valence-electron chi connectivity index (χ4n) is 2.32. The van der Waals surface area contributed by atoms with Gasteiger partial charge in [-0.3, -0.25) is 4.79 Å². The number of benzene rings is 2. The molecule has 0 saturated heterocycles. The van der Waals surface area contributed by atoms with Crippen LogP contribution in [0.3, 0.4) is 0 Å². The van der Waals surface area contributed by atoms with Gasteiger partial charge in [-0.25, -0.2) is 0 Å². The number of nitrogens with one attached hydrogen (secondary N) is 1. The van der Waals surface area contributed by atoms with E-state index in [4.69, 9.17) is 0 Å². The van der Waals surface area contributed by atoms with Gasteiger partial charge in [0.05, 0.1) is 10.9 Å². The average Bonchev–Trinajstić information content (AvgIpc) is 2.51. The Labute approximate surface area is 144 Å². The first-order valence-electron chi connectivity index (χ1n) is 7.45. The first-order chi connectivity index (χ1) is 10.9. The van der Waals surface area contributed by atoms with Crippen LogP contribution in [0.5, 0.6) is 11.5 Å². The molecule has 0 saturated carbocycles. The molecule has 2 aromatic rings. The summed E-state index contributed by atoms with van der Waals surface area (Å²) in [5.41, 5.74) is 1.90. The molecule has 0 aliphatic rings. The van der Waals surface area contributed by atoms with Crippen molar-refractivity contribution in [3.8, 4) is 22.6 Å². The van der Waals surface area contributed by atoms with Crippen molar-refractivity contribution in [2.75, 3.05) is 6.54 Å². The lowest BCUT2D eigenvalue weighted by atomic mass is 9.96. The highest BCUT2D eigenvalue weighted by Crippen LogP contribution is 2.42. The maximum absolute atomic E-state index is 12.2. The monoisotopic (exact) mass is 377 g/mol. The number of halogens is 1. The summed E-state index contributed by atoms with van der Waals surface area (Å²) >= 11 is 3.33. The largest absolute Gasteiger partial charge is 0.507 e. The van der Waals surface area contributed by atoms with Crippen molar-refractivity contribution in [2.45, 2.75) is 20.3 Å². The van der Waals surface area contributed by atoms with Gasteiger partial charge in [-0.1, -0.05) is 44.2 Å². The summed E-state index contributed by atoms with van der Waals surface area (Å²) in [6.45, 7) is 4.62. The number of amides is 1. The maximum Gasteiger partial charge on any atom is 0.224 e. The molecule has 0 radical (unpaired) electrons. The fraction of sp³-hybridized carbons (Fsp3) is 0.278. The molecule has 0 fully saturated rings. The summed E-state index contributed by atoms with van der Waals surface area (Å²) in [5.74, 6) is 0.0625. The van der Waals surface area contributed by atoms with Crippen molar-refractivity contribution < 1.29 is 15.0 Å². The number of carbonyl (C=O) groups is 1. The Hall–Kier alpha value is -2.01. The van der Waals surface area contributed by atoms with E-state index in [-0.39, 0.29) is 23.8 Å². The predicted molar refractivity (Wildman–Crippen MR) is 94.5 cm³/mol. The van der Waals surface area contributed by atoms with Gasteiger partial charge in [-0.15, -0.1) is 0 Å². The van der Waals surface area contributed by atoms with E-state index in [9.17, 15) is 15.0 Å². The molecule has 0 unspecified atom stereocenters. The van der Waals surface area contributed by atoms with Gasteiger partial charge in [0.15, 0.2) is 0 Å². The lowest BCUT2D eigenvalue weighted by Gasteiger charge is -2.16. The van der Waals surface area contributed by atoms with Gasteiger partial charge < -0.3 is 15.5 Å². The van der Waals surface area contributed by atoms with E-state index in [0.29, 0.717) is 28.1 Å². The second-order valence-corrected chi connectivity index (χ2v) is 6.62. The number of hydrogen-bond acceptors (Lipinski definition) is 3. The molecular formula is C18H20BrNO3. The molecule has 0 aromatic heterocycles. The molecule has 23 heavy (non-hydrogen) atoms. The SMILES string of the molecule is CC(C)CNC(=O)Cc1c(Br)c(O)cc(O)c1-c1ccccc1. The Morgan fingerprint density at radius 3 is 2.43 bits per heavy atom. The van der Waals surface area contributed by atoms with Crippen molar-refractivity contribution in [3.63, 3.8) is 0 Å². The van der Waals surface area contributed by atoms with Crippen molar-refractivity contribution in [3.05, 3.63) is 46.4 Å². The van der Waals surface area contributed by atoms with E-state index >= 15 is 0 Å². The minimum absolute atomic E-state index is 0.0523. The van der Waals surface area contributed by atoms with Crippen LogP contribution in [-0.2, 0) is 11.2 Å². The van der Waals surface area contributed by atoms with Gasteiger partial charge >= 0.3 is 0 Å². The predicted octanol–water partition coefficient (Wildman–Crippen LogP) is 3.84. The van der Waals surface area contributed by atoms with E-state index < -0.39 is 0 Å². The molecule has 4 nitrogen and oxygen atoms in total. The van der Waals surface area contributed by atoms with Crippen molar-refractivity contribution >= 4 is 21.8 Å². The first-order valence-corrected chi connectivity index (χ1v) is 8.24. The normalized spacial score (nSPS) is 10.8. The van der Waals surface area contributed by atoms with Crippen molar-refractivity contribution in [1.82, 2.24) is 5.32 Å². The summed E-state index contributed by atoms with van der Waals surface area (Å²) < 4.78 is 0.425. The smallest absolute Gasteiger partial charge is 0.224 e. The highest BCUT2D eigenvalue weighted by molar-refractivity contribution is 9.10. The molecule has 2 aromatic carbocycles. The summed E-state index contributed by atoms with van der Waals surface area (Å²) in [7, 11) is 0. The average molecular weight is 378 g/mol. The summed E-state index contributed by atoms with van der Waals surface area (Å²) in [6, 6.07) is 10.6. The van der Waals surface area contributed by atoms with E-state index in [1.807, 2.05) is 44.2 Å². The van der Waals surface area contributed by atoms with Crippen LogP contribution in [-0.4, -0.2) is 22.7 Å². The first kappa shape index (κ1) is 17.3. The van der Waals surface area contributed by atoms with Crippen LogP contribution in [0.25, 0.3) is 11.1 Å². The van der Waals surface area contributed by atoms with Gasteiger partial charge in [0, 0.05) is 18.2 Å². The molecule has 1 amide bonds. The molecule has 0 aliphatic heterocycles. The van der Waals surface area contributed by atoms with Crippen molar-refractivity contribution in [2.24, 2.45) is 5.92 Å². The second-order valence-electron chi connectivity index (χ2n) is 5.82. The van der Waals surface area contributed by atoms with E-state index in [1.165, 1.54) is 6.07 Å². The number of phenolic OH excluding ortho intramolecular Hbond substituents is 2. The van der Waals surface area contributed by atoms with Crippen LogP contribution in [0.2, 0.25) is 0 Å². The number of phenols is 2. The van der Waals surface area contributed by atoms with Crippen LogP contribution in [0.15, 0.2) is 40.9 Å². The summed E-state index contributed by atoms with van der Waals surface area (Å²) in [4.78, 5) is 12.2. The van der Waals surface area contributed by atoms with Crippen LogP contribution in [0.1, 0.15) is 19.4 Å². The van der Waals surface area contributed by atoms with E-state index in [2.05, 4.69) is 21.2 Å². The van der Waals surface area contributed by atoms with Gasteiger partial charge in [-0.2, -0.15) is 0 Å². The zero-order valence-electron chi connectivity index (χ0n) is 13.1. The van der Waals surface area contributed by atoms with Gasteiger partial charge in [0.1, 0.15) is 11.5 Å². The topological polar surface area (TPSA) is 69.6 Å². The number of carbonyl (C=O) groups excluding carboxylic acids is 1.